The molecule has 2 rings (SSSR count). The van der Waals surface area contributed by atoms with Gasteiger partial charge in [-0.25, -0.2) is 0 Å². The molecule has 0 fully saturated rings. The van der Waals surface area contributed by atoms with Crippen molar-refractivity contribution in [2.24, 2.45) is 0 Å². The van der Waals surface area contributed by atoms with Crippen LogP contribution in [0.2, 0.25) is 0 Å². The van der Waals surface area contributed by atoms with Gasteiger partial charge in [0.05, 0.1) is 6.07 Å². The molecule has 0 aliphatic rings. The summed E-state index contributed by atoms with van der Waals surface area (Å²) in [5, 5.41) is 14.0. The van der Waals surface area contributed by atoms with Crippen LogP contribution in [0.25, 0.3) is 0 Å². The van der Waals surface area contributed by atoms with Gasteiger partial charge in [-0.2, -0.15) is 5.26 Å². The van der Waals surface area contributed by atoms with Gasteiger partial charge in [0.2, 0.25) is 5.91 Å². The maximum absolute atomic E-state index is 12.2. The van der Waals surface area contributed by atoms with Gasteiger partial charge in [0.15, 0.2) is 0 Å². The minimum atomic E-state index is -0.370. The van der Waals surface area contributed by atoms with Crippen LogP contribution in [0.5, 0.6) is 0 Å². The van der Waals surface area contributed by atoms with Crippen LogP contribution in [0.1, 0.15) is 27.9 Å². The molecule has 2 aromatic carbocycles. The molecule has 0 aromatic heterocycles. The van der Waals surface area contributed by atoms with Gasteiger partial charge >= 0.3 is 0 Å². The van der Waals surface area contributed by atoms with E-state index < -0.39 is 0 Å². The summed E-state index contributed by atoms with van der Waals surface area (Å²) in [7, 11) is 0. The minimum absolute atomic E-state index is 0.174. The molecule has 0 unspecified atom stereocenters. The molecule has 5 heteroatoms. The first kappa shape index (κ1) is 16.2. The van der Waals surface area contributed by atoms with Crippen LogP contribution in [0.15, 0.2) is 48.5 Å². The fourth-order valence-corrected chi connectivity index (χ4v) is 2.13. The van der Waals surface area contributed by atoms with E-state index in [0.717, 1.165) is 11.1 Å². The quantitative estimate of drug-likeness (QED) is 0.891. The second-order valence-corrected chi connectivity index (χ2v) is 5.09. The lowest BCUT2D eigenvalue weighted by Gasteiger charge is -2.11. The molecule has 116 valence electrons. The first-order valence-corrected chi connectivity index (χ1v) is 7.19. The molecule has 0 atom stereocenters. The molecule has 0 saturated carbocycles. The SMILES string of the molecule is Cc1cccc(C(=O)NCc2ccccc2NC(=O)CC#N)c1. The Morgan fingerprint density at radius 1 is 1.13 bits per heavy atom. The minimum Gasteiger partial charge on any atom is -0.348 e. The smallest absolute Gasteiger partial charge is 0.251 e. The number of para-hydroxylation sites is 1. The van der Waals surface area contributed by atoms with Crippen molar-refractivity contribution in [2.45, 2.75) is 19.9 Å². The first-order chi connectivity index (χ1) is 11.1. The van der Waals surface area contributed by atoms with Gasteiger partial charge in [-0.05, 0) is 30.7 Å². The van der Waals surface area contributed by atoms with Gasteiger partial charge in [0.25, 0.3) is 5.91 Å². The highest BCUT2D eigenvalue weighted by Crippen LogP contribution is 2.15. The third-order valence-electron chi connectivity index (χ3n) is 3.25. The number of carbonyl (C=O) groups is 2. The van der Waals surface area contributed by atoms with Gasteiger partial charge in [-0.15, -0.1) is 0 Å². The van der Waals surface area contributed by atoms with Crippen molar-refractivity contribution in [3.05, 3.63) is 65.2 Å². The normalized spacial score (nSPS) is 9.74. The van der Waals surface area contributed by atoms with Crippen LogP contribution >= 0.6 is 0 Å². The zero-order valence-electron chi connectivity index (χ0n) is 12.8. The Morgan fingerprint density at radius 2 is 1.91 bits per heavy atom. The number of nitrogens with zero attached hydrogens (tertiary/aromatic N) is 1. The Bertz CT molecular complexity index is 763. The number of carbonyl (C=O) groups excluding carboxylic acids is 2. The highest BCUT2D eigenvalue weighted by Gasteiger charge is 2.09. The molecule has 23 heavy (non-hydrogen) atoms. The Hall–Kier alpha value is -3.13. The fourth-order valence-electron chi connectivity index (χ4n) is 2.13. The Morgan fingerprint density at radius 3 is 2.65 bits per heavy atom. The number of hydrogen-bond donors (Lipinski definition) is 2. The van der Waals surface area contributed by atoms with Crippen LogP contribution < -0.4 is 10.6 Å². The molecule has 2 amide bonds. The molecule has 0 aliphatic carbocycles. The zero-order valence-corrected chi connectivity index (χ0v) is 12.8. The Labute approximate surface area is 134 Å². The first-order valence-electron chi connectivity index (χ1n) is 7.19. The number of anilines is 1. The molecule has 0 saturated heterocycles. The van der Waals surface area contributed by atoms with Crippen molar-refractivity contribution in [3.63, 3.8) is 0 Å². The average molecular weight is 307 g/mol. The fraction of sp³-hybridized carbons (Fsp3) is 0.167. The van der Waals surface area contributed by atoms with Crippen LogP contribution in [0.4, 0.5) is 5.69 Å². The van der Waals surface area contributed by atoms with E-state index in [4.69, 9.17) is 5.26 Å². The Kier molecular flexibility index (Phi) is 5.48. The lowest BCUT2D eigenvalue weighted by Crippen LogP contribution is -2.23. The molecule has 0 radical (unpaired) electrons. The summed E-state index contributed by atoms with van der Waals surface area (Å²) < 4.78 is 0. The van der Waals surface area contributed by atoms with Crippen molar-refractivity contribution in [1.29, 1.82) is 5.26 Å². The maximum Gasteiger partial charge on any atom is 0.251 e. The summed E-state index contributed by atoms with van der Waals surface area (Å²) in [6.45, 7) is 2.21. The summed E-state index contributed by atoms with van der Waals surface area (Å²) >= 11 is 0. The molecule has 2 N–H and O–H groups in total. The van der Waals surface area contributed by atoms with Gasteiger partial charge in [-0.3, -0.25) is 9.59 Å². The third-order valence-corrected chi connectivity index (χ3v) is 3.25. The Balaban J connectivity index is 2.04. The van der Waals surface area contributed by atoms with Crippen LogP contribution in [0, 0.1) is 18.3 Å². The number of amides is 2. The largest absolute Gasteiger partial charge is 0.348 e. The number of hydrogen-bond acceptors (Lipinski definition) is 3. The van der Waals surface area contributed by atoms with E-state index in [9.17, 15) is 9.59 Å². The highest BCUT2D eigenvalue weighted by atomic mass is 16.2. The van der Waals surface area contributed by atoms with Gasteiger partial charge in [0.1, 0.15) is 6.42 Å². The van der Waals surface area contributed by atoms with Crippen LogP contribution in [-0.2, 0) is 11.3 Å². The molecule has 0 aliphatic heterocycles. The van der Waals surface area contributed by atoms with E-state index in [0.29, 0.717) is 11.3 Å². The van der Waals surface area contributed by atoms with E-state index in [1.807, 2.05) is 37.3 Å². The summed E-state index contributed by atoms with van der Waals surface area (Å²) in [6, 6.07) is 16.3. The molecule has 0 spiro atoms. The van der Waals surface area contributed by atoms with Crippen molar-refractivity contribution in [1.82, 2.24) is 5.32 Å². The van der Waals surface area contributed by atoms with E-state index in [-0.39, 0.29) is 24.8 Å². The second-order valence-electron chi connectivity index (χ2n) is 5.09. The number of aryl methyl sites for hydroxylation is 1. The van der Waals surface area contributed by atoms with Gasteiger partial charge < -0.3 is 10.6 Å². The lowest BCUT2D eigenvalue weighted by molar-refractivity contribution is -0.115. The van der Waals surface area contributed by atoms with Gasteiger partial charge in [-0.1, -0.05) is 35.9 Å². The predicted molar refractivity (Wildman–Crippen MR) is 87.7 cm³/mol. The highest BCUT2D eigenvalue weighted by molar-refractivity contribution is 5.95. The molecular weight excluding hydrogens is 290 g/mol. The summed E-state index contributed by atoms with van der Waals surface area (Å²) in [5.74, 6) is -0.545. The van der Waals surface area contributed by atoms with Crippen molar-refractivity contribution in [3.8, 4) is 6.07 Å². The predicted octanol–water partition coefficient (Wildman–Crippen LogP) is 2.78. The average Bonchev–Trinajstić information content (AvgIpc) is 2.54. The zero-order chi connectivity index (χ0) is 16.7. The molecule has 0 bridgehead atoms. The topological polar surface area (TPSA) is 82.0 Å². The van der Waals surface area contributed by atoms with E-state index in [2.05, 4.69) is 10.6 Å². The third kappa shape index (κ3) is 4.68. The summed E-state index contributed by atoms with van der Waals surface area (Å²) in [6.07, 6.45) is -0.204. The maximum atomic E-state index is 12.2. The number of nitriles is 1. The molecular formula is C18H17N3O2. The number of rotatable bonds is 5. The standard InChI is InChI=1S/C18H17N3O2/c1-13-5-4-7-14(11-13)18(23)20-12-15-6-2-3-8-16(15)21-17(22)9-10-19/h2-8,11H,9,12H2,1H3,(H,20,23)(H,21,22). The lowest BCUT2D eigenvalue weighted by atomic mass is 10.1. The molecule has 0 heterocycles. The molecule has 2 aromatic rings. The summed E-state index contributed by atoms with van der Waals surface area (Å²) in [5.41, 5.74) is 2.98. The van der Waals surface area contributed by atoms with E-state index >= 15 is 0 Å². The monoisotopic (exact) mass is 307 g/mol. The van der Waals surface area contributed by atoms with E-state index in [1.54, 1.807) is 24.3 Å². The second kappa shape index (κ2) is 7.76. The van der Waals surface area contributed by atoms with Crippen LogP contribution in [-0.4, -0.2) is 11.8 Å². The number of benzene rings is 2. The van der Waals surface area contributed by atoms with Crippen LogP contribution in [0.3, 0.4) is 0 Å². The summed E-state index contributed by atoms with van der Waals surface area (Å²) in [4.78, 5) is 23.7. The van der Waals surface area contributed by atoms with Gasteiger partial charge in [0, 0.05) is 17.8 Å². The van der Waals surface area contributed by atoms with Crippen molar-refractivity contribution >= 4 is 17.5 Å². The van der Waals surface area contributed by atoms with Crippen molar-refractivity contribution < 1.29 is 9.59 Å². The van der Waals surface area contributed by atoms with Crippen molar-refractivity contribution in [2.75, 3.05) is 5.32 Å². The molecule has 5 nitrogen and oxygen atoms in total. The number of nitrogens with one attached hydrogen (secondary N) is 2. The van der Waals surface area contributed by atoms with E-state index in [1.165, 1.54) is 0 Å².